The number of likely N-dealkylation sites (tertiary alicyclic amines) is 1. The van der Waals surface area contributed by atoms with E-state index in [1.165, 1.54) is 7.11 Å². The molecule has 1 fully saturated rings. The van der Waals surface area contributed by atoms with Crippen molar-refractivity contribution in [3.63, 3.8) is 0 Å². The van der Waals surface area contributed by atoms with Crippen LogP contribution in [0.5, 0.6) is 0 Å². The number of ether oxygens (including phenoxy) is 2. The highest BCUT2D eigenvalue weighted by atomic mass is 16.5. The molecule has 26 heavy (non-hydrogen) atoms. The van der Waals surface area contributed by atoms with Crippen LogP contribution in [0, 0.1) is 12.8 Å². The molecule has 7 nitrogen and oxygen atoms in total. The van der Waals surface area contributed by atoms with Crippen LogP contribution < -0.4 is 5.32 Å². The summed E-state index contributed by atoms with van der Waals surface area (Å²) in [4.78, 5) is 37.9. The van der Waals surface area contributed by atoms with Crippen LogP contribution in [0.25, 0.3) is 0 Å². The van der Waals surface area contributed by atoms with Gasteiger partial charge in [-0.25, -0.2) is 4.79 Å². The van der Waals surface area contributed by atoms with Gasteiger partial charge in [0.2, 0.25) is 5.91 Å². The normalized spacial score (nSPS) is 17.4. The van der Waals surface area contributed by atoms with E-state index < -0.39 is 5.97 Å². The summed E-state index contributed by atoms with van der Waals surface area (Å²) in [5.74, 6) is -1.01. The van der Waals surface area contributed by atoms with Gasteiger partial charge in [0.25, 0.3) is 0 Å². The lowest BCUT2D eigenvalue weighted by molar-refractivity contribution is -0.150. The van der Waals surface area contributed by atoms with E-state index in [1.807, 2.05) is 11.8 Å². The van der Waals surface area contributed by atoms with Crippen LogP contribution in [0.2, 0.25) is 0 Å². The Morgan fingerprint density at radius 1 is 1.31 bits per heavy atom. The summed E-state index contributed by atoms with van der Waals surface area (Å²) in [5.41, 5.74) is 1.82. The van der Waals surface area contributed by atoms with Crippen molar-refractivity contribution in [3.8, 4) is 0 Å². The third kappa shape index (κ3) is 5.29. The highest BCUT2D eigenvalue weighted by Gasteiger charge is 2.27. The Labute approximate surface area is 153 Å². The fraction of sp³-hybridized carbons (Fsp3) is 0.526. The molecule has 142 valence electrons. The summed E-state index contributed by atoms with van der Waals surface area (Å²) in [6.45, 7) is 5.49. The number of nitrogens with one attached hydrogen (secondary N) is 1. The third-order valence-electron chi connectivity index (χ3n) is 4.43. The van der Waals surface area contributed by atoms with Gasteiger partial charge in [-0.15, -0.1) is 0 Å². The number of benzene rings is 1. The summed E-state index contributed by atoms with van der Waals surface area (Å²) in [7, 11) is 1.32. The second-order valence-electron chi connectivity index (χ2n) is 6.40. The smallest absolute Gasteiger partial charge is 0.337 e. The van der Waals surface area contributed by atoms with E-state index in [9.17, 15) is 14.4 Å². The summed E-state index contributed by atoms with van der Waals surface area (Å²) in [6.07, 6.45) is 1.64. The average molecular weight is 362 g/mol. The molecule has 0 saturated carbocycles. The molecule has 1 heterocycles. The SMILES string of the molecule is CCOC(=O)[C@@H]1CCCN(CC(=O)Nc2cc(C(=O)OC)ccc2C)C1. The highest BCUT2D eigenvalue weighted by Crippen LogP contribution is 2.20. The van der Waals surface area contributed by atoms with Gasteiger partial charge in [0.05, 0.1) is 31.7 Å². The van der Waals surface area contributed by atoms with Gasteiger partial charge >= 0.3 is 11.9 Å². The molecule has 7 heteroatoms. The van der Waals surface area contributed by atoms with Gasteiger partial charge in [-0.05, 0) is 50.9 Å². The molecular weight excluding hydrogens is 336 g/mol. The molecule has 1 atom stereocenters. The minimum absolute atomic E-state index is 0.180. The topological polar surface area (TPSA) is 84.9 Å². The molecule has 1 aromatic carbocycles. The molecule has 0 spiro atoms. The molecule has 1 aromatic rings. The quantitative estimate of drug-likeness (QED) is 0.779. The first-order chi connectivity index (χ1) is 12.4. The highest BCUT2D eigenvalue weighted by molar-refractivity contribution is 5.96. The van der Waals surface area contributed by atoms with Crippen LogP contribution >= 0.6 is 0 Å². The van der Waals surface area contributed by atoms with Crippen molar-refractivity contribution in [1.29, 1.82) is 0 Å². The Kier molecular flexibility index (Phi) is 7.15. The van der Waals surface area contributed by atoms with Crippen molar-refractivity contribution in [1.82, 2.24) is 4.90 Å². The molecule has 0 bridgehead atoms. The first-order valence-corrected chi connectivity index (χ1v) is 8.82. The van der Waals surface area contributed by atoms with Crippen molar-refractivity contribution >= 4 is 23.5 Å². The largest absolute Gasteiger partial charge is 0.466 e. The first-order valence-electron chi connectivity index (χ1n) is 8.82. The number of hydrogen-bond donors (Lipinski definition) is 1. The van der Waals surface area contributed by atoms with Gasteiger partial charge in [0.1, 0.15) is 0 Å². The number of methoxy groups -OCH3 is 1. The number of carbonyl (C=O) groups is 3. The maximum Gasteiger partial charge on any atom is 0.337 e. The lowest BCUT2D eigenvalue weighted by atomic mass is 9.98. The Balaban J connectivity index is 1.96. The monoisotopic (exact) mass is 362 g/mol. The molecule has 1 amide bonds. The number of hydrogen-bond acceptors (Lipinski definition) is 6. The fourth-order valence-electron chi connectivity index (χ4n) is 3.05. The molecular formula is C19H26N2O5. The van der Waals surface area contributed by atoms with Crippen molar-refractivity contribution in [2.45, 2.75) is 26.7 Å². The van der Waals surface area contributed by atoms with Crippen molar-refractivity contribution in [2.24, 2.45) is 5.92 Å². The zero-order valence-electron chi connectivity index (χ0n) is 15.5. The van der Waals surface area contributed by atoms with Gasteiger partial charge in [-0.3, -0.25) is 14.5 Å². The Morgan fingerprint density at radius 2 is 2.08 bits per heavy atom. The molecule has 0 radical (unpaired) electrons. The molecule has 0 aromatic heterocycles. The maximum absolute atomic E-state index is 12.4. The molecule has 1 aliphatic rings. The van der Waals surface area contributed by atoms with Gasteiger partial charge in [-0.1, -0.05) is 6.07 Å². The molecule has 1 aliphatic heterocycles. The fourth-order valence-corrected chi connectivity index (χ4v) is 3.05. The number of amides is 1. The van der Waals surface area contributed by atoms with E-state index in [4.69, 9.17) is 9.47 Å². The van der Waals surface area contributed by atoms with Crippen LogP contribution in [-0.4, -0.2) is 56.1 Å². The van der Waals surface area contributed by atoms with Crippen LogP contribution in [0.1, 0.15) is 35.7 Å². The third-order valence-corrected chi connectivity index (χ3v) is 4.43. The Hall–Kier alpha value is -2.41. The number of nitrogens with zero attached hydrogens (tertiary/aromatic N) is 1. The van der Waals surface area contributed by atoms with Crippen molar-refractivity contribution in [2.75, 3.05) is 38.7 Å². The molecule has 2 rings (SSSR count). The lowest BCUT2D eigenvalue weighted by Gasteiger charge is -2.30. The molecule has 1 N–H and O–H groups in total. The van der Waals surface area contributed by atoms with E-state index in [2.05, 4.69) is 5.32 Å². The Bertz CT molecular complexity index is 674. The number of aryl methyl sites for hydroxylation is 1. The molecule has 0 unspecified atom stereocenters. The number of piperidine rings is 1. The van der Waals surface area contributed by atoms with Crippen molar-refractivity contribution in [3.05, 3.63) is 29.3 Å². The standard InChI is InChI=1S/C19H26N2O5/c1-4-26-19(24)15-6-5-9-21(11-15)12-17(22)20-16-10-14(18(23)25-3)8-7-13(16)2/h7-8,10,15H,4-6,9,11-12H2,1-3H3,(H,20,22)/t15-/m1/s1. The summed E-state index contributed by atoms with van der Waals surface area (Å²) in [6, 6.07) is 5.03. The second-order valence-corrected chi connectivity index (χ2v) is 6.40. The summed E-state index contributed by atoms with van der Waals surface area (Å²) >= 11 is 0. The average Bonchev–Trinajstić information content (AvgIpc) is 2.63. The van der Waals surface area contributed by atoms with E-state index >= 15 is 0 Å². The second kappa shape index (κ2) is 9.33. The van der Waals surface area contributed by atoms with Gasteiger partial charge in [-0.2, -0.15) is 0 Å². The zero-order chi connectivity index (χ0) is 19.1. The van der Waals surface area contributed by atoms with Gasteiger partial charge in [0.15, 0.2) is 0 Å². The maximum atomic E-state index is 12.4. The summed E-state index contributed by atoms with van der Waals surface area (Å²) < 4.78 is 9.79. The van der Waals surface area contributed by atoms with Crippen LogP contribution in [-0.2, 0) is 19.1 Å². The minimum atomic E-state index is -0.450. The van der Waals surface area contributed by atoms with E-state index in [1.54, 1.807) is 25.1 Å². The van der Waals surface area contributed by atoms with E-state index in [0.717, 1.165) is 24.9 Å². The minimum Gasteiger partial charge on any atom is -0.466 e. The van der Waals surface area contributed by atoms with E-state index in [-0.39, 0.29) is 24.3 Å². The number of anilines is 1. The van der Waals surface area contributed by atoms with E-state index in [0.29, 0.717) is 24.4 Å². The van der Waals surface area contributed by atoms with Gasteiger partial charge < -0.3 is 14.8 Å². The van der Waals surface area contributed by atoms with Crippen LogP contribution in [0.3, 0.4) is 0 Å². The van der Waals surface area contributed by atoms with Gasteiger partial charge in [0, 0.05) is 12.2 Å². The number of esters is 2. The lowest BCUT2D eigenvalue weighted by Crippen LogP contribution is -2.43. The summed E-state index contributed by atoms with van der Waals surface area (Å²) in [5, 5.41) is 2.84. The van der Waals surface area contributed by atoms with Crippen molar-refractivity contribution < 1.29 is 23.9 Å². The predicted molar refractivity (Wildman–Crippen MR) is 96.9 cm³/mol. The van der Waals surface area contributed by atoms with Crippen LogP contribution in [0.4, 0.5) is 5.69 Å². The zero-order valence-corrected chi connectivity index (χ0v) is 15.5. The van der Waals surface area contributed by atoms with Crippen LogP contribution in [0.15, 0.2) is 18.2 Å². The first kappa shape index (κ1) is 19.9. The number of rotatable bonds is 6. The molecule has 0 aliphatic carbocycles. The predicted octanol–water partition coefficient (Wildman–Crippen LogP) is 2.00. The Morgan fingerprint density at radius 3 is 2.77 bits per heavy atom. The number of carbonyl (C=O) groups excluding carboxylic acids is 3. The molecule has 1 saturated heterocycles.